The number of hydrogen-bond donors (Lipinski definition) is 0. The van der Waals surface area contributed by atoms with E-state index in [1.54, 1.807) is 6.33 Å². The van der Waals surface area contributed by atoms with E-state index in [2.05, 4.69) is 37.9 Å². The Morgan fingerprint density at radius 1 is 1.32 bits per heavy atom. The first-order valence-electron chi connectivity index (χ1n) is 7.00. The van der Waals surface area contributed by atoms with Crippen LogP contribution in [-0.2, 0) is 16.1 Å². The van der Waals surface area contributed by atoms with Gasteiger partial charge in [-0.15, -0.1) is 10.2 Å². The second-order valence-electron chi connectivity index (χ2n) is 5.67. The van der Waals surface area contributed by atoms with Crippen molar-refractivity contribution in [3.05, 3.63) is 12.2 Å². The van der Waals surface area contributed by atoms with Crippen LogP contribution in [0.4, 0.5) is 0 Å². The van der Waals surface area contributed by atoms with Gasteiger partial charge in [0.15, 0.2) is 0 Å². The van der Waals surface area contributed by atoms with Gasteiger partial charge in [0.05, 0.1) is 6.61 Å². The van der Waals surface area contributed by atoms with E-state index in [4.69, 9.17) is 4.74 Å². The van der Waals surface area contributed by atoms with E-state index in [1.165, 1.54) is 0 Å². The summed E-state index contributed by atoms with van der Waals surface area (Å²) in [6, 6.07) is 0. The lowest BCUT2D eigenvalue weighted by molar-refractivity contribution is -0.145. The molecule has 1 aromatic rings. The molecule has 0 aliphatic rings. The summed E-state index contributed by atoms with van der Waals surface area (Å²) in [6.45, 7) is 11.5. The lowest BCUT2D eigenvalue weighted by atomic mass is 9.96. The highest BCUT2D eigenvalue weighted by molar-refractivity contribution is 5.77. The van der Waals surface area contributed by atoms with Gasteiger partial charge in [-0.2, -0.15) is 0 Å². The molecule has 0 N–H and O–H groups in total. The van der Waals surface area contributed by atoms with Gasteiger partial charge < -0.3 is 9.30 Å². The van der Waals surface area contributed by atoms with Gasteiger partial charge in [-0.3, -0.25) is 4.79 Å². The van der Waals surface area contributed by atoms with Crippen LogP contribution >= 0.6 is 0 Å². The van der Waals surface area contributed by atoms with Crippen molar-refractivity contribution in [2.45, 2.75) is 53.5 Å². The standard InChI is InChI=1S/C14H25N3O2/c1-6-19-14(18)12(7-10(2)3)13-16-15-9-17(13)8-11(4)5/h9-12H,6-8H2,1-5H3. The Kier molecular flexibility index (Phi) is 5.99. The van der Waals surface area contributed by atoms with Gasteiger partial charge in [-0.1, -0.05) is 27.7 Å². The topological polar surface area (TPSA) is 57.0 Å². The highest BCUT2D eigenvalue weighted by atomic mass is 16.5. The maximum Gasteiger partial charge on any atom is 0.316 e. The second-order valence-corrected chi connectivity index (χ2v) is 5.67. The first-order chi connectivity index (χ1) is 8.95. The van der Waals surface area contributed by atoms with E-state index in [0.717, 1.165) is 18.8 Å². The van der Waals surface area contributed by atoms with Gasteiger partial charge >= 0.3 is 5.97 Å². The molecule has 1 atom stereocenters. The second kappa shape index (κ2) is 7.26. The van der Waals surface area contributed by atoms with Crippen LogP contribution in [0.25, 0.3) is 0 Å². The molecule has 5 heteroatoms. The summed E-state index contributed by atoms with van der Waals surface area (Å²) in [5.41, 5.74) is 0. The van der Waals surface area contributed by atoms with Crippen molar-refractivity contribution < 1.29 is 9.53 Å². The summed E-state index contributed by atoms with van der Waals surface area (Å²) in [7, 11) is 0. The molecular formula is C14H25N3O2. The van der Waals surface area contributed by atoms with Crippen LogP contribution in [0.5, 0.6) is 0 Å². The normalized spacial score (nSPS) is 13.0. The van der Waals surface area contributed by atoms with Crippen molar-refractivity contribution in [2.75, 3.05) is 6.61 Å². The third kappa shape index (κ3) is 4.65. The van der Waals surface area contributed by atoms with Crippen molar-refractivity contribution in [1.29, 1.82) is 0 Å². The fourth-order valence-electron chi connectivity index (χ4n) is 2.09. The van der Waals surface area contributed by atoms with Crippen molar-refractivity contribution in [2.24, 2.45) is 11.8 Å². The molecule has 108 valence electrons. The summed E-state index contributed by atoms with van der Waals surface area (Å²) < 4.78 is 7.14. The van der Waals surface area contributed by atoms with Crippen LogP contribution < -0.4 is 0 Å². The highest BCUT2D eigenvalue weighted by Crippen LogP contribution is 2.24. The first-order valence-corrected chi connectivity index (χ1v) is 7.00. The van der Waals surface area contributed by atoms with E-state index >= 15 is 0 Å². The van der Waals surface area contributed by atoms with Crippen molar-refractivity contribution in [1.82, 2.24) is 14.8 Å². The molecule has 0 aliphatic carbocycles. The van der Waals surface area contributed by atoms with Crippen LogP contribution in [0.15, 0.2) is 6.33 Å². The summed E-state index contributed by atoms with van der Waals surface area (Å²) in [4.78, 5) is 12.1. The number of hydrogen-bond acceptors (Lipinski definition) is 4. The predicted octanol–water partition coefficient (Wildman–Crippen LogP) is 2.63. The average Bonchev–Trinajstić information content (AvgIpc) is 2.73. The van der Waals surface area contributed by atoms with E-state index in [9.17, 15) is 4.79 Å². The largest absolute Gasteiger partial charge is 0.465 e. The summed E-state index contributed by atoms with van der Waals surface area (Å²) in [5, 5.41) is 8.09. The number of esters is 1. The Balaban J connectivity index is 2.96. The fourth-order valence-corrected chi connectivity index (χ4v) is 2.09. The number of ether oxygens (including phenoxy) is 1. The number of nitrogens with zero attached hydrogens (tertiary/aromatic N) is 3. The van der Waals surface area contributed by atoms with E-state index in [-0.39, 0.29) is 11.9 Å². The van der Waals surface area contributed by atoms with Gasteiger partial charge in [-0.25, -0.2) is 0 Å². The van der Waals surface area contributed by atoms with E-state index in [1.807, 2.05) is 11.5 Å². The quantitative estimate of drug-likeness (QED) is 0.713. The number of carbonyl (C=O) groups is 1. The van der Waals surface area contributed by atoms with Gasteiger partial charge in [0.1, 0.15) is 18.1 Å². The van der Waals surface area contributed by atoms with Crippen LogP contribution in [0.1, 0.15) is 52.8 Å². The zero-order valence-electron chi connectivity index (χ0n) is 12.6. The molecule has 0 radical (unpaired) electrons. The lowest BCUT2D eigenvalue weighted by Crippen LogP contribution is -2.22. The Hall–Kier alpha value is -1.39. The molecule has 0 saturated heterocycles. The lowest BCUT2D eigenvalue weighted by Gasteiger charge is -2.18. The number of carbonyl (C=O) groups excluding carboxylic acids is 1. The summed E-state index contributed by atoms with van der Waals surface area (Å²) >= 11 is 0. The molecule has 0 aromatic carbocycles. The zero-order valence-corrected chi connectivity index (χ0v) is 12.6. The Labute approximate surface area is 115 Å². The molecule has 0 bridgehead atoms. The van der Waals surface area contributed by atoms with Crippen molar-refractivity contribution >= 4 is 5.97 Å². The minimum absolute atomic E-state index is 0.200. The Morgan fingerprint density at radius 3 is 2.53 bits per heavy atom. The maximum absolute atomic E-state index is 12.1. The van der Waals surface area contributed by atoms with Crippen LogP contribution in [0, 0.1) is 11.8 Å². The maximum atomic E-state index is 12.1. The highest BCUT2D eigenvalue weighted by Gasteiger charge is 2.28. The molecule has 1 aromatic heterocycles. The summed E-state index contributed by atoms with van der Waals surface area (Å²) in [5.74, 6) is 1.09. The smallest absolute Gasteiger partial charge is 0.316 e. The van der Waals surface area contributed by atoms with Crippen LogP contribution in [0.3, 0.4) is 0 Å². The fraction of sp³-hybridized carbons (Fsp3) is 0.786. The Morgan fingerprint density at radius 2 is 2.00 bits per heavy atom. The SMILES string of the molecule is CCOC(=O)C(CC(C)C)c1nncn1CC(C)C. The third-order valence-corrected chi connectivity index (χ3v) is 2.80. The van der Waals surface area contributed by atoms with Crippen LogP contribution in [0.2, 0.25) is 0 Å². The third-order valence-electron chi connectivity index (χ3n) is 2.80. The molecule has 5 nitrogen and oxygen atoms in total. The van der Waals surface area contributed by atoms with Gasteiger partial charge in [-0.05, 0) is 25.2 Å². The molecule has 1 unspecified atom stereocenters. The molecule has 1 rings (SSSR count). The van der Waals surface area contributed by atoms with Crippen molar-refractivity contribution in [3.8, 4) is 0 Å². The van der Waals surface area contributed by atoms with Gasteiger partial charge in [0, 0.05) is 6.54 Å². The molecule has 0 spiro atoms. The average molecular weight is 267 g/mol. The molecule has 0 aliphatic heterocycles. The number of aromatic nitrogens is 3. The minimum atomic E-state index is -0.318. The van der Waals surface area contributed by atoms with Crippen LogP contribution in [-0.4, -0.2) is 27.3 Å². The monoisotopic (exact) mass is 267 g/mol. The molecule has 1 heterocycles. The summed E-state index contributed by atoms with van der Waals surface area (Å²) in [6.07, 6.45) is 2.43. The molecular weight excluding hydrogens is 242 g/mol. The van der Waals surface area contributed by atoms with E-state index < -0.39 is 0 Å². The molecule has 19 heavy (non-hydrogen) atoms. The molecule has 0 amide bonds. The first kappa shape index (κ1) is 15.7. The Bertz CT molecular complexity index is 399. The zero-order chi connectivity index (χ0) is 14.4. The van der Waals surface area contributed by atoms with E-state index in [0.29, 0.717) is 18.4 Å². The van der Waals surface area contributed by atoms with Gasteiger partial charge in [0.2, 0.25) is 0 Å². The van der Waals surface area contributed by atoms with Crippen molar-refractivity contribution in [3.63, 3.8) is 0 Å². The molecule has 0 saturated carbocycles. The van der Waals surface area contributed by atoms with Gasteiger partial charge in [0.25, 0.3) is 0 Å². The molecule has 0 fully saturated rings. The predicted molar refractivity (Wildman–Crippen MR) is 73.7 cm³/mol. The number of rotatable bonds is 7. The minimum Gasteiger partial charge on any atom is -0.465 e.